The van der Waals surface area contributed by atoms with Crippen LogP contribution in [0, 0.1) is 11.8 Å². The zero-order valence-electron chi connectivity index (χ0n) is 10.8. The number of rotatable bonds is 6. The lowest BCUT2D eigenvalue weighted by Gasteiger charge is -2.16. The molecule has 1 amide bonds. The van der Waals surface area contributed by atoms with E-state index in [1.165, 1.54) is 0 Å². The van der Waals surface area contributed by atoms with Gasteiger partial charge in [0.15, 0.2) is 0 Å². The molecule has 6 nitrogen and oxygen atoms in total. The van der Waals surface area contributed by atoms with Gasteiger partial charge in [-0.05, 0) is 18.8 Å². The predicted molar refractivity (Wildman–Crippen MR) is 68.3 cm³/mol. The molecule has 1 fully saturated rings. The summed E-state index contributed by atoms with van der Waals surface area (Å²) in [4.78, 5) is 26.6. The predicted octanol–water partition coefficient (Wildman–Crippen LogP) is 0.890. The van der Waals surface area contributed by atoms with Crippen molar-refractivity contribution in [2.45, 2.75) is 32.2 Å². The lowest BCUT2D eigenvalue weighted by atomic mass is 9.96. The summed E-state index contributed by atoms with van der Waals surface area (Å²) in [6, 6.07) is 0. The number of nitrogens with one attached hydrogen (secondary N) is 1. The minimum absolute atomic E-state index is 0.0373. The van der Waals surface area contributed by atoms with Crippen LogP contribution in [0.15, 0.2) is 18.7 Å². The van der Waals surface area contributed by atoms with Gasteiger partial charge in [-0.25, -0.2) is 4.98 Å². The van der Waals surface area contributed by atoms with Gasteiger partial charge in [-0.1, -0.05) is 6.42 Å². The molecule has 6 heteroatoms. The summed E-state index contributed by atoms with van der Waals surface area (Å²) in [5.41, 5.74) is 0. The summed E-state index contributed by atoms with van der Waals surface area (Å²) in [6.45, 7) is 1.07. The van der Waals surface area contributed by atoms with Crippen molar-refractivity contribution >= 4 is 11.9 Å². The number of carboxylic acid groups (broad SMARTS) is 1. The second-order valence-electron chi connectivity index (χ2n) is 4.99. The smallest absolute Gasteiger partial charge is 0.306 e. The molecule has 2 N–H and O–H groups in total. The van der Waals surface area contributed by atoms with Crippen molar-refractivity contribution in [2.24, 2.45) is 11.8 Å². The Morgan fingerprint density at radius 3 is 2.95 bits per heavy atom. The van der Waals surface area contributed by atoms with E-state index in [1.54, 1.807) is 12.5 Å². The standard InChI is InChI=1S/C13H19N3O3/c17-12(4-6-16-7-5-14-9-16)15-8-10-2-1-3-11(10)13(18)19/h5,7,9-11H,1-4,6,8H2,(H,15,17)(H,18,19). The molecule has 0 saturated heterocycles. The molecule has 1 saturated carbocycles. The molecular weight excluding hydrogens is 246 g/mol. The Balaban J connectivity index is 1.70. The molecule has 0 aliphatic heterocycles. The van der Waals surface area contributed by atoms with Gasteiger partial charge in [0, 0.05) is 31.9 Å². The zero-order chi connectivity index (χ0) is 13.7. The fraction of sp³-hybridized carbons (Fsp3) is 0.615. The Hall–Kier alpha value is -1.85. The number of carboxylic acids is 1. The molecule has 0 radical (unpaired) electrons. The van der Waals surface area contributed by atoms with E-state index < -0.39 is 5.97 Å². The highest BCUT2D eigenvalue weighted by Gasteiger charge is 2.32. The molecule has 2 unspecified atom stereocenters. The Morgan fingerprint density at radius 2 is 2.26 bits per heavy atom. The summed E-state index contributed by atoms with van der Waals surface area (Å²) >= 11 is 0. The van der Waals surface area contributed by atoms with Crippen molar-refractivity contribution in [3.63, 3.8) is 0 Å². The van der Waals surface area contributed by atoms with E-state index in [2.05, 4.69) is 10.3 Å². The zero-order valence-corrected chi connectivity index (χ0v) is 10.8. The van der Waals surface area contributed by atoms with E-state index in [9.17, 15) is 9.59 Å². The normalized spacial score (nSPS) is 22.3. The van der Waals surface area contributed by atoms with E-state index in [0.29, 0.717) is 19.5 Å². The number of imidazole rings is 1. The Bertz CT molecular complexity index is 430. The summed E-state index contributed by atoms with van der Waals surface area (Å²) in [5.74, 6) is -0.997. The maximum atomic E-state index is 11.7. The van der Waals surface area contributed by atoms with E-state index >= 15 is 0 Å². The second-order valence-corrected chi connectivity index (χ2v) is 4.99. The van der Waals surface area contributed by atoms with Gasteiger partial charge in [-0.3, -0.25) is 9.59 Å². The number of aryl methyl sites for hydroxylation is 1. The van der Waals surface area contributed by atoms with Crippen LogP contribution in [0.4, 0.5) is 0 Å². The van der Waals surface area contributed by atoms with E-state index in [4.69, 9.17) is 5.11 Å². The number of hydrogen-bond donors (Lipinski definition) is 2. The average Bonchev–Trinajstić information content (AvgIpc) is 3.04. The van der Waals surface area contributed by atoms with Gasteiger partial charge in [-0.15, -0.1) is 0 Å². The maximum Gasteiger partial charge on any atom is 0.306 e. The lowest BCUT2D eigenvalue weighted by Crippen LogP contribution is -2.33. The largest absolute Gasteiger partial charge is 0.481 e. The third kappa shape index (κ3) is 3.81. The fourth-order valence-corrected chi connectivity index (χ4v) is 2.59. The van der Waals surface area contributed by atoms with Gasteiger partial charge in [0.05, 0.1) is 12.2 Å². The molecular formula is C13H19N3O3. The lowest BCUT2D eigenvalue weighted by molar-refractivity contribution is -0.143. The molecule has 2 rings (SSSR count). The van der Waals surface area contributed by atoms with Crippen molar-refractivity contribution in [1.29, 1.82) is 0 Å². The van der Waals surface area contributed by atoms with Crippen molar-refractivity contribution < 1.29 is 14.7 Å². The van der Waals surface area contributed by atoms with Gasteiger partial charge >= 0.3 is 5.97 Å². The number of aliphatic carboxylic acids is 1. The van der Waals surface area contributed by atoms with Crippen LogP contribution in [0.25, 0.3) is 0 Å². The minimum Gasteiger partial charge on any atom is -0.481 e. The molecule has 1 aromatic rings. The second kappa shape index (κ2) is 6.36. The van der Waals surface area contributed by atoms with E-state index in [1.807, 2.05) is 10.8 Å². The number of nitrogens with zero attached hydrogens (tertiary/aromatic N) is 2. The van der Waals surface area contributed by atoms with Gasteiger partial charge < -0.3 is 15.0 Å². The SMILES string of the molecule is O=C(CCn1ccnc1)NCC1CCCC1C(=O)O. The molecule has 1 aromatic heterocycles. The average molecular weight is 265 g/mol. The Kier molecular flexibility index (Phi) is 4.54. The van der Waals surface area contributed by atoms with Gasteiger partial charge in [0.1, 0.15) is 0 Å². The van der Waals surface area contributed by atoms with Crippen LogP contribution < -0.4 is 5.32 Å². The molecule has 1 aliphatic rings. The topological polar surface area (TPSA) is 84.2 Å². The highest BCUT2D eigenvalue weighted by atomic mass is 16.4. The number of carbonyl (C=O) groups excluding carboxylic acids is 1. The molecule has 1 aliphatic carbocycles. The van der Waals surface area contributed by atoms with Crippen LogP contribution in [0.5, 0.6) is 0 Å². The highest BCUT2D eigenvalue weighted by molar-refractivity contribution is 5.76. The van der Waals surface area contributed by atoms with Crippen LogP contribution in [0.3, 0.4) is 0 Å². The Morgan fingerprint density at radius 1 is 1.42 bits per heavy atom. The van der Waals surface area contributed by atoms with Crippen molar-refractivity contribution in [1.82, 2.24) is 14.9 Å². The molecule has 19 heavy (non-hydrogen) atoms. The molecule has 0 aromatic carbocycles. The molecule has 2 atom stereocenters. The fourth-order valence-electron chi connectivity index (χ4n) is 2.59. The minimum atomic E-state index is -0.741. The first-order valence-electron chi connectivity index (χ1n) is 6.62. The van der Waals surface area contributed by atoms with Crippen LogP contribution in [-0.2, 0) is 16.1 Å². The first-order valence-corrected chi connectivity index (χ1v) is 6.62. The summed E-state index contributed by atoms with van der Waals surface area (Å²) < 4.78 is 1.84. The van der Waals surface area contributed by atoms with E-state index in [-0.39, 0.29) is 17.7 Å². The van der Waals surface area contributed by atoms with Crippen LogP contribution in [0.2, 0.25) is 0 Å². The third-order valence-electron chi connectivity index (χ3n) is 3.69. The van der Waals surface area contributed by atoms with Crippen molar-refractivity contribution in [3.8, 4) is 0 Å². The van der Waals surface area contributed by atoms with Gasteiger partial charge in [0.25, 0.3) is 0 Å². The number of hydrogen-bond acceptors (Lipinski definition) is 3. The van der Waals surface area contributed by atoms with Crippen LogP contribution in [0.1, 0.15) is 25.7 Å². The summed E-state index contributed by atoms with van der Waals surface area (Å²) in [6.07, 6.45) is 8.10. The molecule has 0 bridgehead atoms. The summed E-state index contributed by atoms with van der Waals surface area (Å²) in [5, 5.41) is 11.9. The monoisotopic (exact) mass is 265 g/mol. The van der Waals surface area contributed by atoms with E-state index in [0.717, 1.165) is 19.3 Å². The number of carbonyl (C=O) groups is 2. The van der Waals surface area contributed by atoms with Crippen molar-refractivity contribution in [3.05, 3.63) is 18.7 Å². The quantitative estimate of drug-likeness (QED) is 0.800. The number of aromatic nitrogens is 2. The molecule has 104 valence electrons. The highest BCUT2D eigenvalue weighted by Crippen LogP contribution is 2.31. The van der Waals surface area contributed by atoms with Crippen molar-refractivity contribution in [2.75, 3.05) is 6.54 Å². The first kappa shape index (κ1) is 13.6. The molecule has 0 spiro atoms. The van der Waals surface area contributed by atoms with Crippen LogP contribution in [-0.4, -0.2) is 33.1 Å². The maximum absolute atomic E-state index is 11.7. The number of amides is 1. The van der Waals surface area contributed by atoms with Crippen LogP contribution >= 0.6 is 0 Å². The third-order valence-corrected chi connectivity index (χ3v) is 3.69. The van der Waals surface area contributed by atoms with Gasteiger partial charge in [-0.2, -0.15) is 0 Å². The first-order chi connectivity index (χ1) is 9.16. The van der Waals surface area contributed by atoms with Gasteiger partial charge in [0.2, 0.25) is 5.91 Å². The molecule has 1 heterocycles. The summed E-state index contributed by atoms with van der Waals surface area (Å²) in [7, 11) is 0. The Labute approximate surface area is 111 Å².